The number of aromatic nitrogens is 3. The van der Waals surface area contributed by atoms with Crippen molar-refractivity contribution in [3.8, 4) is 10.7 Å². The predicted molar refractivity (Wildman–Crippen MR) is 64.3 cm³/mol. The number of aromatic amines is 1. The van der Waals surface area contributed by atoms with Gasteiger partial charge in [-0.15, -0.1) is 11.3 Å². The first-order chi connectivity index (χ1) is 7.83. The summed E-state index contributed by atoms with van der Waals surface area (Å²) in [5, 5.41) is 9.35. The minimum Gasteiger partial charge on any atom is -0.328 e. The van der Waals surface area contributed by atoms with E-state index >= 15 is 0 Å². The van der Waals surface area contributed by atoms with Crippen LogP contribution in [0.5, 0.6) is 0 Å². The molecule has 0 spiro atoms. The van der Waals surface area contributed by atoms with E-state index in [0.29, 0.717) is 12.0 Å². The smallest absolute Gasteiger partial charge is 0.191 e. The molecule has 1 saturated carbocycles. The Balaban J connectivity index is 1.83. The zero-order valence-electron chi connectivity index (χ0n) is 8.89. The summed E-state index contributed by atoms with van der Waals surface area (Å²) >= 11 is 1.66. The van der Waals surface area contributed by atoms with Crippen LogP contribution in [-0.4, -0.2) is 21.2 Å². The Morgan fingerprint density at radius 2 is 2.38 bits per heavy atom. The molecule has 0 aromatic carbocycles. The van der Waals surface area contributed by atoms with Gasteiger partial charge in [0.15, 0.2) is 5.82 Å². The molecular formula is C11H14N4S. The third-order valence-corrected chi connectivity index (χ3v) is 3.97. The molecule has 3 rings (SSSR count). The van der Waals surface area contributed by atoms with Crippen LogP contribution in [0.3, 0.4) is 0 Å². The van der Waals surface area contributed by atoms with Crippen molar-refractivity contribution in [3.63, 3.8) is 0 Å². The van der Waals surface area contributed by atoms with Gasteiger partial charge in [-0.2, -0.15) is 5.10 Å². The number of thiophene rings is 1. The van der Waals surface area contributed by atoms with Crippen molar-refractivity contribution in [2.75, 3.05) is 0 Å². The second-order valence-corrected chi connectivity index (χ2v) is 5.24. The normalized spacial score (nSPS) is 25.1. The van der Waals surface area contributed by atoms with E-state index in [1.54, 1.807) is 11.3 Å². The number of nitrogens with one attached hydrogen (secondary N) is 1. The highest BCUT2D eigenvalue weighted by molar-refractivity contribution is 7.13. The number of H-pyrrole nitrogens is 1. The van der Waals surface area contributed by atoms with E-state index in [1.165, 1.54) is 0 Å². The lowest BCUT2D eigenvalue weighted by Crippen LogP contribution is -2.14. The van der Waals surface area contributed by atoms with Gasteiger partial charge >= 0.3 is 0 Å². The second kappa shape index (κ2) is 3.99. The summed E-state index contributed by atoms with van der Waals surface area (Å²) in [6.45, 7) is 0. The van der Waals surface area contributed by atoms with Gasteiger partial charge in [-0.05, 0) is 30.7 Å². The van der Waals surface area contributed by atoms with Gasteiger partial charge in [0.25, 0.3) is 0 Å². The summed E-state index contributed by atoms with van der Waals surface area (Å²) in [6, 6.07) is 4.39. The van der Waals surface area contributed by atoms with Gasteiger partial charge in [0.1, 0.15) is 5.82 Å². The molecule has 0 bridgehead atoms. The maximum Gasteiger partial charge on any atom is 0.191 e. The largest absolute Gasteiger partial charge is 0.328 e. The number of hydrogen-bond acceptors (Lipinski definition) is 4. The highest BCUT2D eigenvalue weighted by Crippen LogP contribution is 2.32. The maximum absolute atomic E-state index is 5.90. The third kappa shape index (κ3) is 1.76. The Hall–Kier alpha value is -1.20. The Labute approximate surface area is 97.9 Å². The van der Waals surface area contributed by atoms with Gasteiger partial charge in [0, 0.05) is 12.0 Å². The van der Waals surface area contributed by atoms with Crippen LogP contribution in [0, 0.1) is 0 Å². The summed E-state index contributed by atoms with van der Waals surface area (Å²) in [6.07, 6.45) is 3.25. The van der Waals surface area contributed by atoms with Gasteiger partial charge in [-0.1, -0.05) is 6.07 Å². The van der Waals surface area contributed by atoms with Crippen molar-refractivity contribution in [1.29, 1.82) is 0 Å². The quantitative estimate of drug-likeness (QED) is 0.836. The molecule has 0 saturated heterocycles. The molecule has 84 valence electrons. The third-order valence-electron chi connectivity index (χ3n) is 3.10. The molecule has 1 aliphatic carbocycles. The fraction of sp³-hybridized carbons (Fsp3) is 0.455. The van der Waals surface area contributed by atoms with Crippen LogP contribution < -0.4 is 5.73 Å². The zero-order chi connectivity index (χ0) is 11.0. The fourth-order valence-electron chi connectivity index (χ4n) is 2.24. The van der Waals surface area contributed by atoms with Crippen LogP contribution in [-0.2, 0) is 0 Å². The summed E-state index contributed by atoms with van der Waals surface area (Å²) in [5.74, 6) is 2.28. The second-order valence-electron chi connectivity index (χ2n) is 4.29. The predicted octanol–water partition coefficient (Wildman–Crippen LogP) is 2.13. The SMILES string of the molecule is NC1CCC(c2nc(-c3cccs3)n[nH]2)C1. The van der Waals surface area contributed by atoms with Gasteiger partial charge in [-0.3, -0.25) is 5.10 Å². The summed E-state index contributed by atoms with van der Waals surface area (Å²) in [7, 11) is 0. The molecule has 16 heavy (non-hydrogen) atoms. The minimum atomic E-state index is 0.334. The molecule has 1 aliphatic rings. The van der Waals surface area contributed by atoms with Crippen molar-refractivity contribution in [2.45, 2.75) is 31.2 Å². The first-order valence-electron chi connectivity index (χ1n) is 5.54. The van der Waals surface area contributed by atoms with Gasteiger partial charge in [0.2, 0.25) is 0 Å². The van der Waals surface area contributed by atoms with E-state index in [0.717, 1.165) is 35.8 Å². The average molecular weight is 234 g/mol. The molecular weight excluding hydrogens is 220 g/mol. The molecule has 1 fully saturated rings. The molecule has 2 unspecified atom stereocenters. The van der Waals surface area contributed by atoms with Crippen LogP contribution in [0.15, 0.2) is 17.5 Å². The van der Waals surface area contributed by atoms with E-state index in [2.05, 4.69) is 15.2 Å². The monoisotopic (exact) mass is 234 g/mol. The highest BCUT2D eigenvalue weighted by Gasteiger charge is 2.26. The molecule has 0 amide bonds. The molecule has 2 atom stereocenters. The summed E-state index contributed by atoms with van der Waals surface area (Å²) in [4.78, 5) is 5.67. The first-order valence-corrected chi connectivity index (χ1v) is 6.42. The number of nitrogens with two attached hydrogens (primary N) is 1. The van der Waals surface area contributed by atoms with Gasteiger partial charge in [0.05, 0.1) is 4.88 Å². The average Bonchev–Trinajstić information content (AvgIpc) is 2.97. The van der Waals surface area contributed by atoms with Gasteiger partial charge < -0.3 is 5.73 Å². The molecule has 2 aromatic rings. The van der Waals surface area contributed by atoms with E-state index in [1.807, 2.05) is 17.5 Å². The molecule has 2 aromatic heterocycles. The lowest BCUT2D eigenvalue weighted by atomic mass is 10.1. The fourth-order valence-corrected chi connectivity index (χ4v) is 2.90. The molecule has 4 nitrogen and oxygen atoms in total. The van der Waals surface area contributed by atoms with Crippen molar-refractivity contribution >= 4 is 11.3 Å². The highest BCUT2D eigenvalue weighted by atomic mass is 32.1. The zero-order valence-corrected chi connectivity index (χ0v) is 9.70. The van der Waals surface area contributed by atoms with E-state index in [-0.39, 0.29) is 0 Å². The number of nitrogens with zero attached hydrogens (tertiary/aromatic N) is 2. The molecule has 2 heterocycles. The van der Waals surface area contributed by atoms with E-state index in [9.17, 15) is 0 Å². The van der Waals surface area contributed by atoms with E-state index < -0.39 is 0 Å². The Bertz CT molecular complexity index is 462. The standard InChI is InChI=1S/C11H14N4S/c12-8-4-3-7(6-8)10-13-11(15-14-10)9-2-1-5-16-9/h1-2,5,7-8H,3-4,6,12H2,(H,13,14,15). The van der Waals surface area contributed by atoms with Crippen molar-refractivity contribution in [1.82, 2.24) is 15.2 Å². The van der Waals surface area contributed by atoms with Crippen LogP contribution in [0.4, 0.5) is 0 Å². The number of rotatable bonds is 2. The lowest BCUT2D eigenvalue weighted by Gasteiger charge is -2.03. The van der Waals surface area contributed by atoms with Crippen molar-refractivity contribution in [2.24, 2.45) is 5.73 Å². The van der Waals surface area contributed by atoms with Crippen LogP contribution in [0.2, 0.25) is 0 Å². The van der Waals surface area contributed by atoms with Crippen molar-refractivity contribution in [3.05, 3.63) is 23.3 Å². The minimum absolute atomic E-state index is 0.334. The Kier molecular flexibility index (Phi) is 2.49. The molecule has 0 radical (unpaired) electrons. The lowest BCUT2D eigenvalue weighted by molar-refractivity contribution is 0.645. The molecule has 0 aliphatic heterocycles. The Morgan fingerprint density at radius 3 is 3.06 bits per heavy atom. The van der Waals surface area contributed by atoms with Crippen LogP contribution in [0.1, 0.15) is 31.0 Å². The first kappa shape index (κ1) is 9.99. The van der Waals surface area contributed by atoms with Gasteiger partial charge in [-0.25, -0.2) is 4.98 Å². The molecule has 3 N–H and O–H groups in total. The van der Waals surface area contributed by atoms with Crippen LogP contribution in [0.25, 0.3) is 10.7 Å². The topological polar surface area (TPSA) is 67.6 Å². The Morgan fingerprint density at radius 1 is 1.44 bits per heavy atom. The maximum atomic E-state index is 5.90. The van der Waals surface area contributed by atoms with Crippen LogP contribution >= 0.6 is 11.3 Å². The molecule has 5 heteroatoms. The number of hydrogen-bond donors (Lipinski definition) is 2. The van der Waals surface area contributed by atoms with E-state index in [4.69, 9.17) is 5.73 Å². The summed E-state index contributed by atoms with van der Waals surface area (Å²) in [5.41, 5.74) is 5.90. The summed E-state index contributed by atoms with van der Waals surface area (Å²) < 4.78 is 0. The van der Waals surface area contributed by atoms with Crippen molar-refractivity contribution < 1.29 is 0 Å².